The molecule has 0 bridgehead atoms. The lowest BCUT2D eigenvalue weighted by molar-refractivity contribution is 0.0818. The Morgan fingerprint density at radius 1 is 1.39 bits per heavy atom. The van der Waals surface area contributed by atoms with Crippen LogP contribution in [0.1, 0.15) is 31.4 Å². The summed E-state index contributed by atoms with van der Waals surface area (Å²) in [5.41, 5.74) is 7.26. The molecule has 0 unspecified atom stereocenters. The van der Waals surface area contributed by atoms with Crippen molar-refractivity contribution >= 4 is 5.69 Å². The van der Waals surface area contributed by atoms with Crippen molar-refractivity contribution in [2.75, 3.05) is 25.1 Å². The summed E-state index contributed by atoms with van der Waals surface area (Å²) < 4.78 is 19.4. The number of benzene rings is 1. The van der Waals surface area contributed by atoms with Crippen LogP contribution in [0.25, 0.3) is 0 Å². The van der Waals surface area contributed by atoms with Crippen LogP contribution in [0.4, 0.5) is 10.1 Å². The van der Waals surface area contributed by atoms with Gasteiger partial charge in [0.15, 0.2) is 0 Å². The highest BCUT2D eigenvalue weighted by atomic mass is 19.1. The summed E-state index contributed by atoms with van der Waals surface area (Å²) in [5, 5.41) is 0. The predicted molar refractivity (Wildman–Crippen MR) is 71.2 cm³/mol. The minimum absolute atomic E-state index is 0.132. The molecule has 1 aliphatic heterocycles. The van der Waals surface area contributed by atoms with Gasteiger partial charge in [-0.05, 0) is 37.5 Å². The smallest absolute Gasteiger partial charge is 0.146 e. The standard InChI is InChI=1S/C14H21FN2O/c1-10(16)11-3-4-14(13(15)9-11)17-7-5-12(18-2)6-8-17/h3-4,9-10,12H,5-8,16H2,1-2H3/t10-/m0/s1. The normalized spacial score (nSPS) is 19.0. The Bertz CT molecular complexity index is 401. The fourth-order valence-corrected chi connectivity index (χ4v) is 2.40. The third kappa shape index (κ3) is 2.82. The van der Waals surface area contributed by atoms with Crippen molar-refractivity contribution in [3.63, 3.8) is 0 Å². The van der Waals surface area contributed by atoms with Gasteiger partial charge in [0.1, 0.15) is 5.82 Å². The maximum atomic E-state index is 14.0. The molecule has 1 saturated heterocycles. The molecule has 1 aliphatic rings. The molecule has 1 heterocycles. The molecule has 1 aromatic rings. The average molecular weight is 252 g/mol. The van der Waals surface area contributed by atoms with Crippen LogP contribution in [0.5, 0.6) is 0 Å². The largest absolute Gasteiger partial charge is 0.381 e. The number of piperidine rings is 1. The van der Waals surface area contributed by atoms with Gasteiger partial charge in [0, 0.05) is 26.2 Å². The molecule has 100 valence electrons. The molecule has 1 aromatic carbocycles. The Morgan fingerprint density at radius 2 is 2.06 bits per heavy atom. The van der Waals surface area contributed by atoms with E-state index in [4.69, 9.17) is 10.5 Å². The van der Waals surface area contributed by atoms with Gasteiger partial charge in [0.25, 0.3) is 0 Å². The van der Waals surface area contributed by atoms with Crippen molar-refractivity contribution in [3.05, 3.63) is 29.6 Å². The highest BCUT2D eigenvalue weighted by molar-refractivity contribution is 5.50. The van der Waals surface area contributed by atoms with Gasteiger partial charge in [-0.2, -0.15) is 0 Å². The van der Waals surface area contributed by atoms with Gasteiger partial charge in [-0.15, -0.1) is 0 Å². The van der Waals surface area contributed by atoms with Crippen LogP contribution in [-0.4, -0.2) is 26.3 Å². The highest BCUT2D eigenvalue weighted by Crippen LogP contribution is 2.26. The van der Waals surface area contributed by atoms with E-state index in [1.54, 1.807) is 13.2 Å². The molecule has 1 atom stereocenters. The Labute approximate surface area is 108 Å². The number of nitrogens with two attached hydrogens (primary N) is 1. The molecule has 0 aliphatic carbocycles. The van der Waals surface area contributed by atoms with Gasteiger partial charge in [0.05, 0.1) is 11.8 Å². The quantitative estimate of drug-likeness (QED) is 0.898. The first-order chi connectivity index (χ1) is 8.61. The van der Waals surface area contributed by atoms with Gasteiger partial charge in [-0.3, -0.25) is 0 Å². The lowest BCUT2D eigenvalue weighted by Crippen LogP contribution is -2.37. The molecule has 0 spiro atoms. The first-order valence-electron chi connectivity index (χ1n) is 6.44. The molecule has 3 nitrogen and oxygen atoms in total. The Hall–Kier alpha value is -1.13. The van der Waals surface area contributed by atoms with E-state index < -0.39 is 0 Å². The molecule has 0 amide bonds. The topological polar surface area (TPSA) is 38.5 Å². The molecule has 2 rings (SSSR count). The third-order valence-electron chi connectivity index (χ3n) is 3.61. The molecule has 18 heavy (non-hydrogen) atoms. The van der Waals surface area contributed by atoms with Crippen molar-refractivity contribution in [3.8, 4) is 0 Å². The number of anilines is 1. The molecule has 0 radical (unpaired) electrons. The number of nitrogens with zero attached hydrogens (tertiary/aromatic N) is 1. The third-order valence-corrected chi connectivity index (χ3v) is 3.61. The van der Waals surface area contributed by atoms with Crippen LogP contribution < -0.4 is 10.6 Å². The van der Waals surface area contributed by atoms with Gasteiger partial charge >= 0.3 is 0 Å². The summed E-state index contributed by atoms with van der Waals surface area (Å²) in [6.07, 6.45) is 2.21. The van der Waals surface area contributed by atoms with E-state index in [1.165, 1.54) is 0 Å². The number of hydrogen-bond donors (Lipinski definition) is 1. The Morgan fingerprint density at radius 3 is 2.56 bits per heavy atom. The average Bonchev–Trinajstić information content (AvgIpc) is 2.38. The summed E-state index contributed by atoms with van der Waals surface area (Å²) >= 11 is 0. The van der Waals surface area contributed by atoms with Crippen LogP contribution in [0, 0.1) is 5.82 Å². The van der Waals surface area contributed by atoms with Gasteiger partial charge < -0.3 is 15.4 Å². The second-order valence-corrected chi connectivity index (χ2v) is 4.92. The van der Waals surface area contributed by atoms with Crippen molar-refractivity contribution in [1.82, 2.24) is 0 Å². The minimum Gasteiger partial charge on any atom is -0.381 e. The van der Waals surface area contributed by atoms with E-state index in [9.17, 15) is 4.39 Å². The molecule has 0 aromatic heterocycles. The Balaban J connectivity index is 2.10. The van der Waals surface area contributed by atoms with Crippen molar-refractivity contribution in [2.45, 2.75) is 31.9 Å². The zero-order valence-electron chi connectivity index (χ0n) is 11.0. The first kappa shape index (κ1) is 13.3. The van der Waals surface area contributed by atoms with E-state index in [1.807, 2.05) is 19.1 Å². The molecule has 2 N–H and O–H groups in total. The van der Waals surface area contributed by atoms with Crippen LogP contribution in [0.2, 0.25) is 0 Å². The van der Waals surface area contributed by atoms with Crippen LogP contribution in [0.15, 0.2) is 18.2 Å². The highest BCUT2D eigenvalue weighted by Gasteiger charge is 2.21. The summed E-state index contributed by atoms with van der Waals surface area (Å²) in [5.74, 6) is -0.180. The van der Waals surface area contributed by atoms with Crippen LogP contribution in [-0.2, 0) is 4.74 Å². The fourth-order valence-electron chi connectivity index (χ4n) is 2.40. The number of hydrogen-bond acceptors (Lipinski definition) is 3. The predicted octanol–water partition coefficient (Wildman–Crippen LogP) is 2.46. The van der Waals surface area contributed by atoms with Crippen molar-refractivity contribution in [2.24, 2.45) is 5.73 Å². The first-order valence-corrected chi connectivity index (χ1v) is 6.44. The molecule has 4 heteroatoms. The summed E-state index contributed by atoms with van der Waals surface area (Å²) in [6, 6.07) is 5.16. The summed E-state index contributed by atoms with van der Waals surface area (Å²) in [7, 11) is 1.73. The number of ether oxygens (including phenoxy) is 1. The maximum Gasteiger partial charge on any atom is 0.146 e. The van der Waals surface area contributed by atoms with E-state index in [2.05, 4.69) is 4.90 Å². The van der Waals surface area contributed by atoms with Crippen molar-refractivity contribution < 1.29 is 9.13 Å². The van der Waals surface area contributed by atoms with E-state index in [-0.39, 0.29) is 11.9 Å². The number of rotatable bonds is 3. The van der Waals surface area contributed by atoms with E-state index in [0.29, 0.717) is 11.8 Å². The van der Waals surface area contributed by atoms with Crippen LogP contribution >= 0.6 is 0 Å². The summed E-state index contributed by atoms with van der Waals surface area (Å²) in [6.45, 7) is 3.54. The molecular formula is C14H21FN2O. The molecular weight excluding hydrogens is 231 g/mol. The monoisotopic (exact) mass is 252 g/mol. The number of halogens is 1. The second kappa shape index (κ2) is 5.67. The zero-order chi connectivity index (χ0) is 13.1. The number of methoxy groups -OCH3 is 1. The van der Waals surface area contributed by atoms with E-state index in [0.717, 1.165) is 31.5 Å². The molecule has 0 saturated carbocycles. The zero-order valence-corrected chi connectivity index (χ0v) is 11.0. The van der Waals surface area contributed by atoms with Crippen LogP contribution in [0.3, 0.4) is 0 Å². The SMILES string of the molecule is COC1CCN(c2ccc([C@H](C)N)cc2F)CC1. The van der Waals surface area contributed by atoms with Crippen molar-refractivity contribution in [1.29, 1.82) is 0 Å². The van der Waals surface area contributed by atoms with E-state index >= 15 is 0 Å². The fraction of sp³-hybridized carbons (Fsp3) is 0.571. The second-order valence-electron chi connectivity index (χ2n) is 4.92. The lowest BCUT2D eigenvalue weighted by Gasteiger charge is -2.33. The van der Waals surface area contributed by atoms with Gasteiger partial charge in [0.2, 0.25) is 0 Å². The Kier molecular flexibility index (Phi) is 4.19. The minimum atomic E-state index is -0.180. The molecule has 1 fully saturated rings. The van der Waals surface area contributed by atoms with Gasteiger partial charge in [-0.25, -0.2) is 4.39 Å². The summed E-state index contributed by atoms with van der Waals surface area (Å²) in [4.78, 5) is 2.08. The maximum absolute atomic E-state index is 14.0. The van der Waals surface area contributed by atoms with Gasteiger partial charge in [-0.1, -0.05) is 6.07 Å². The lowest BCUT2D eigenvalue weighted by atomic mass is 10.0.